The summed E-state index contributed by atoms with van der Waals surface area (Å²) < 4.78 is 10.6. The van der Waals surface area contributed by atoms with Crippen LogP contribution in [0.1, 0.15) is 22.3 Å². The molecule has 0 atom stereocenters. The fourth-order valence-corrected chi connectivity index (χ4v) is 3.31. The first kappa shape index (κ1) is 19.8. The molecule has 2 heterocycles. The Balaban J connectivity index is 1.82. The van der Waals surface area contributed by atoms with Crippen LogP contribution in [0.3, 0.4) is 0 Å². The van der Waals surface area contributed by atoms with Crippen molar-refractivity contribution in [2.75, 3.05) is 20.3 Å². The van der Waals surface area contributed by atoms with Gasteiger partial charge in [0.2, 0.25) is 0 Å². The number of aryl methyl sites for hydroxylation is 1. The predicted molar refractivity (Wildman–Crippen MR) is 116 cm³/mol. The van der Waals surface area contributed by atoms with E-state index in [0.29, 0.717) is 41.2 Å². The average molecular weight is 401 g/mol. The van der Waals surface area contributed by atoms with Gasteiger partial charge in [0.1, 0.15) is 5.69 Å². The molecular formula is C24H23N3O3. The minimum atomic E-state index is -0.188. The first-order valence-electron chi connectivity index (χ1n) is 9.87. The van der Waals surface area contributed by atoms with Gasteiger partial charge >= 0.3 is 0 Å². The van der Waals surface area contributed by atoms with E-state index in [2.05, 4.69) is 15.5 Å². The quantitative estimate of drug-likeness (QED) is 0.457. The van der Waals surface area contributed by atoms with Crippen molar-refractivity contribution in [1.82, 2.24) is 15.5 Å². The molecule has 0 fully saturated rings. The molecule has 0 bridgehead atoms. The molecule has 0 saturated heterocycles. The lowest BCUT2D eigenvalue weighted by Crippen LogP contribution is -2.25. The Morgan fingerprint density at radius 2 is 1.83 bits per heavy atom. The van der Waals surface area contributed by atoms with E-state index >= 15 is 0 Å². The Labute approximate surface area is 174 Å². The molecule has 0 aliphatic carbocycles. The molecule has 152 valence electrons. The van der Waals surface area contributed by atoms with Gasteiger partial charge in [0.25, 0.3) is 11.6 Å². The summed E-state index contributed by atoms with van der Waals surface area (Å²) in [5.41, 5.74) is 5.04. The lowest BCUT2D eigenvalue weighted by atomic mass is 10.0. The van der Waals surface area contributed by atoms with Crippen molar-refractivity contribution in [3.05, 3.63) is 71.8 Å². The molecule has 6 heteroatoms. The molecule has 1 N–H and O–H groups in total. The highest BCUT2D eigenvalue weighted by Crippen LogP contribution is 2.32. The van der Waals surface area contributed by atoms with Crippen LogP contribution in [0.4, 0.5) is 0 Å². The number of amides is 1. The molecular weight excluding hydrogens is 378 g/mol. The van der Waals surface area contributed by atoms with Crippen LogP contribution in [0.15, 0.2) is 65.2 Å². The number of carbonyl (C=O) groups is 1. The van der Waals surface area contributed by atoms with E-state index < -0.39 is 0 Å². The topological polar surface area (TPSA) is 77.2 Å². The van der Waals surface area contributed by atoms with Crippen molar-refractivity contribution in [3.63, 3.8) is 0 Å². The smallest absolute Gasteiger partial charge is 0.259 e. The maximum absolute atomic E-state index is 13.1. The number of aromatic nitrogens is 2. The van der Waals surface area contributed by atoms with Crippen molar-refractivity contribution >= 4 is 17.0 Å². The van der Waals surface area contributed by atoms with Crippen LogP contribution in [0, 0.1) is 6.92 Å². The monoisotopic (exact) mass is 401 g/mol. The summed E-state index contributed by atoms with van der Waals surface area (Å²) in [7, 11) is 1.64. The number of carbonyl (C=O) groups excluding carboxylic acids is 1. The van der Waals surface area contributed by atoms with Gasteiger partial charge in [-0.15, -0.1) is 0 Å². The molecule has 2 aromatic carbocycles. The summed E-state index contributed by atoms with van der Waals surface area (Å²) >= 11 is 0. The lowest BCUT2D eigenvalue weighted by molar-refractivity contribution is 0.0950. The van der Waals surface area contributed by atoms with E-state index in [0.717, 1.165) is 23.1 Å². The van der Waals surface area contributed by atoms with E-state index in [1.165, 1.54) is 0 Å². The number of rotatable bonds is 7. The molecule has 0 spiro atoms. The van der Waals surface area contributed by atoms with Crippen molar-refractivity contribution in [1.29, 1.82) is 0 Å². The zero-order chi connectivity index (χ0) is 20.9. The van der Waals surface area contributed by atoms with Gasteiger partial charge < -0.3 is 14.6 Å². The SMILES string of the molecule is COCCCNC(=O)c1cc(-c2ccccc2)nc2onc(-c3ccc(C)cc3)c12. The molecule has 6 nitrogen and oxygen atoms in total. The van der Waals surface area contributed by atoms with Crippen LogP contribution in [-0.4, -0.2) is 36.3 Å². The lowest BCUT2D eigenvalue weighted by Gasteiger charge is -2.09. The van der Waals surface area contributed by atoms with Crippen LogP contribution >= 0.6 is 0 Å². The van der Waals surface area contributed by atoms with Crippen LogP contribution in [0.2, 0.25) is 0 Å². The highest BCUT2D eigenvalue weighted by Gasteiger charge is 2.22. The van der Waals surface area contributed by atoms with Crippen molar-refractivity contribution in [3.8, 4) is 22.5 Å². The van der Waals surface area contributed by atoms with Crippen LogP contribution in [0.5, 0.6) is 0 Å². The zero-order valence-electron chi connectivity index (χ0n) is 17.0. The van der Waals surface area contributed by atoms with Gasteiger partial charge in [-0.2, -0.15) is 0 Å². The molecule has 4 rings (SSSR count). The maximum atomic E-state index is 13.1. The summed E-state index contributed by atoms with van der Waals surface area (Å²) in [5.74, 6) is -0.188. The van der Waals surface area contributed by atoms with E-state index in [9.17, 15) is 4.79 Å². The second-order valence-electron chi connectivity index (χ2n) is 7.10. The third-order valence-electron chi connectivity index (χ3n) is 4.90. The van der Waals surface area contributed by atoms with Gasteiger partial charge in [-0.05, 0) is 19.4 Å². The Morgan fingerprint density at radius 1 is 1.07 bits per heavy atom. The number of nitrogens with zero attached hydrogens (tertiary/aromatic N) is 2. The third-order valence-corrected chi connectivity index (χ3v) is 4.90. The Kier molecular flexibility index (Phi) is 5.86. The van der Waals surface area contributed by atoms with E-state index in [4.69, 9.17) is 9.26 Å². The van der Waals surface area contributed by atoms with Gasteiger partial charge in [-0.1, -0.05) is 65.3 Å². The first-order chi connectivity index (χ1) is 14.7. The Hall–Kier alpha value is -3.51. The number of methoxy groups -OCH3 is 1. The fraction of sp³-hybridized carbons (Fsp3) is 0.208. The number of nitrogens with one attached hydrogen (secondary N) is 1. The summed E-state index contributed by atoms with van der Waals surface area (Å²) in [5, 5.41) is 7.82. The zero-order valence-corrected chi connectivity index (χ0v) is 17.0. The third kappa shape index (κ3) is 4.09. The first-order valence-corrected chi connectivity index (χ1v) is 9.87. The van der Waals surface area contributed by atoms with Crippen LogP contribution in [-0.2, 0) is 4.74 Å². The number of ether oxygens (including phenoxy) is 1. The average Bonchev–Trinajstić information content (AvgIpc) is 3.21. The van der Waals surface area contributed by atoms with Gasteiger partial charge in [-0.25, -0.2) is 4.98 Å². The van der Waals surface area contributed by atoms with E-state index in [-0.39, 0.29) is 5.91 Å². The molecule has 0 unspecified atom stereocenters. The van der Waals surface area contributed by atoms with Gasteiger partial charge in [0.15, 0.2) is 0 Å². The summed E-state index contributed by atoms with van der Waals surface area (Å²) in [6, 6.07) is 19.5. The van der Waals surface area contributed by atoms with E-state index in [1.54, 1.807) is 13.2 Å². The van der Waals surface area contributed by atoms with Crippen molar-refractivity contribution in [2.45, 2.75) is 13.3 Å². The Bertz CT molecular complexity index is 1150. The summed E-state index contributed by atoms with van der Waals surface area (Å²) in [4.78, 5) is 17.7. The summed E-state index contributed by atoms with van der Waals surface area (Å²) in [6.45, 7) is 3.13. The number of pyridine rings is 1. The van der Waals surface area contributed by atoms with Crippen molar-refractivity contribution < 1.29 is 14.1 Å². The second kappa shape index (κ2) is 8.88. The predicted octanol–water partition coefficient (Wildman–Crippen LogP) is 4.63. The molecule has 0 aliphatic rings. The standard InChI is InChI=1S/C24H23N3O3/c1-16-9-11-18(12-10-16)22-21-19(23(28)25-13-6-14-29-2)15-20(26-24(21)30-27-22)17-7-4-3-5-8-17/h3-5,7-12,15H,6,13-14H2,1-2H3,(H,25,28). The van der Waals surface area contributed by atoms with Crippen molar-refractivity contribution in [2.24, 2.45) is 0 Å². The minimum Gasteiger partial charge on any atom is -0.385 e. The van der Waals surface area contributed by atoms with E-state index in [1.807, 2.05) is 61.5 Å². The Morgan fingerprint density at radius 3 is 2.57 bits per heavy atom. The van der Waals surface area contributed by atoms with Crippen LogP contribution in [0.25, 0.3) is 33.6 Å². The summed E-state index contributed by atoms with van der Waals surface area (Å²) in [6.07, 6.45) is 0.733. The molecule has 0 aliphatic heterocycles. The van der Waals surface area contributed by atoms with Gasteiger partial charge in [-0.3, -0.25) is 4.79 Å². The normalized spacial score (nSPS) is 11.0. The van der Waals surface area contributed by atoms with Gasteiger partial charge in [0.05, 0.1) is 16.6 Å². The minimum absolute atomic E-state index is 0.188. The highest BCUT2D eigenvalue weighted by atomic mass is 16.5. The second-order valence-corrected chi connectivity index (χ2v) is 7.10. The number of hydrogen-bond donors (Lipinski definition) is 1. The molecule has 4 aromatic rings. The largest absolute Gasteiger partial charge is 0.385 e. The van der Waals surface area contributed by atoms with Crippen LogP contribution < -0.4 is 5.32 Å². The molecule has 2 aromatic heterocycles. The van der Waals surface area contributed by atoms with Gasteiger partial charge in [0, 0.05) is 31.4 Å². The number of benzene rings is 2. The number of fused-ring (bicyclic) bond motifs is 1. The molecule has 0 saturated carbocycles. The molecule has 30 heavy (non-hydrogen) atoms. The highest BCUT2D eigenvalue weighted by molar-refractivity contribution is 6.10. The molecule has 0 radical (unpaired) electrons. The number of hydrogen-bond acceptors (Lipinski definition) is 5. The maximum Gasteiger partial charge on any atom is 0.259 e. The molecule has 1 amide bonds. The fourth-order valence-electron chi connectivity index (χ4n) is 3.31.